The van der Waals surface area contributed by atoms with E-state index < -0.39 is 25.3 Å². The van der Waals surface area contributed by atoms with E-state index in [1.165, 1.54) is 0 Å². The Morgan fingerprint density at radius 2 is 1.34 bits per heavy atom. The molecule has 3 aliphatic heterocycles. The number of anilines is 1. The van der Waals surface area contributed by atoms with Crippen molar-refractivity contribution in [2.75, 3.05) is 31.5 Å². The summed E-state index contributed by atoms with van der Waals surface area (Å²) in [5, 5.41) is 7.88. The van der Waals surface area contributed by atoms with E-state index in [-0.39, 0.29) is 15.9 Å². The maximum atomic E-state index is 13.0. The first-order chi connectivity index (χ1) is 25.3. The smallest absolute Gasteiger partial charge is 0.410 e. The topological polar surface area (TPSA) is 138 Å². The van der Waals surface area contributed by atoms with Crippen LogP contribution in [0.3, 0.4) is 0 Å². The van der Waals surface area contributed by atoms with Gasteiger partial charge in [0, 0.05) is 53.8 Å². The molecule has 2 unspecified atom stereocenters. The van der Waals surface area contributed by atoms with Crippen LogP contribution < -0.4 is 10.6 Å². The van der Waals surface area contributed by atoms with Gasteiger partial charge >= 0.3 is 6.09 Å². The molecule has 4 heterocycles. The summed E-state index contributed by atoms with van der Waals surface area (Å²) in [6.07, 6.45) is 3.11. The van der Waals surface area contributed by atoms with E-state index in [0.717, 1.165) is 59.3 Å². The molecule has 3 N–H and O–H groups in total. The predicted molar refractivity (Wildman–Crippen MR) is 206 cm³/mol. The van der Waals surface area contributed by atoms with Gasteiger partial charge in [0.25, 0.3) is 0 Å². The van der Waals surface area contributed by atoms with Crippen LogP contribution in [0.4, 0.5) is 10.5 Å². The first kappa shape index (κ1) is 36.7. The van der Waals surface area contributed by atoms with Crippen molar-refractivity contribution in [1.82, 2.24) is 15.2 Å². The quantitative estimate of drug-likeness (QED) is 0.177. The van der Waals surface area contributed by atoms with Crippen molar-refractivity contribution >= 4 is 42.4 Å². The molecule has 53 heavy (non-hydrogen) atoms. The van der Waals surface area contributed by atoms with E-state index in [1.807, 2.05) is 45.0 Å². The molecule has 5 aromatic rings. The van der Waals surface area contributed by atoms with Crippen molar-refractivity contribution in [3.05, 3.63) is 114 Å². The second kappa shape index (κ2) is 14.6. The van der Waals surface area contributed by atoms with Gasteiger partial charge in [0.05, 0.1) is 19.6 Å². The number of sulfone groups is 2. The van der Waals surface area contributed by atoms with Crippen molar-refractivity contribution in [3.8, 4) is 0 Å². The largest absolute Gasteiger partial charge is 0.444 e. The van der Waals surface area contributed by atoms with Gasteiger partial charge in [-0.05, 0) is 125 Å². The molecular weight excluding hydrogens is 709 g/mol. The molecule has 4 aromatic carbocycles. The Balaban J connectivity index is 0.000000170. The molecule has 0 spiro atoms. The molecular formula is C41H46N4O6S2. The van der Waals surface area contributed by atoms with Crippen LogP contribution in [0.1, 0.15) is 56.4 Å². The van der Waals surface area contributed by atoms with Crippen LogP contribution in [0.5, 0.6) is 0 Å². The van der Waals surface area contributed by atoms with Crippen molar-refractivity contribution < 1.29 is 26.4 Å². The van der Waals surface area contributed by atoms with Crippen molar-refractivity contribution in [2.45, 2.75) is 83.6 Å². The number of nitrogens with one attached hydrogen (secondary N) is 3. The molecule has 1 saturated heterocycles. The van der Waals surface area contributed by atoms with Gasteiger partial charge in [0.15, 0.2) is 0 Å². The van der Waals surface area contributed by atoms with Crippen LogP contribution in [0.15, 0.2) is 117 Å². The van der Waals surface area contributed by atoms with Crippen LogP contribution in [-0.4, -0.2) is 70.6 Å². The average molecular weight is 755 g/mol. The number of H-pyrrole nitrogens is 1. The number of benzene rings is 4. The third-order valence-electron chi connectivity index (χ3n) is 10.1. The Kier molecular flexibility index (Phi) is 10.1. The molecule has 278 valence electrons. The van der Waals surface area contributed by atoms with Crippen molar-refractivity contribution in [1.29, 1.82) is 0 Å². The highest BCUT2D eigenvalue weighted by Crippen LogP contribution is 2.41. The van der Waals surface area contributed by atoms with E-state index in [4.69, 9.17) is 4.74 Å². The molecule has 2 atom stereocenters. The Bertz CT molecular complexity index is 2340. The molecule has 1 aromatic heterocycles. The Morgan fingerprint density at radius 1 is 0.736 bits per heavy atom. The highest BCUT2D eigenvalue weighted by Gasteiger charge is 2.34. The van der Waals surface area contributed by atoms with E-state index in [1.54, 1.807) is 77.7 Å². The lowest BCUT2D eigenvalue weighted by Gasteiger charge is -2.26. The Labute approximate surface area is 311 Å². The fourth-order valence-corrected chi connectivity index (χ4v) is 10.1. The van der Waals surface area contributed by atoms with E-state index >= 15 is 0 Å². The zero-order valence-electron chi connectivity index (χ0n) is 30.3. The lowest BCUT2D eigenvalue weighted by molar-refractivity contribution is 0.0258. The monoisotopic (exact) mass is 754 g/mol. The summed E-state index contributed by atoms with van der Waals surface area (Å²) in [6.45, 7) is 8.65. The minimum Gasteiger partial charge on any atom is -0.444 e. The summed E-state index contributed by atoms with van der Waals surface area (Å²) in [6, 6.07) is 28.3. The van der Waals surface area contributed by atoms with Crippen LogP contribution in [0, 0.1) is 0 Å². The average Bonchev–Trinajstić information content (AvgIpc) is 3.46. The molecule has 1 amide bonds. The van der Waals surface area contributed by atoms with Gasteiger partial charge in [-0.2, -0.15) is 0 Å². The molecule has 1 fully saturated rings. The van der Waals surface area contributed by atoms with Crippen molar-refractivity contribution in [2.24, 2.45) is 0 Å². The normalized spacial score (nSPS) is 18.7. The lowest BCUT2D eigenvalue weighted by atomic mass is 9.91. The van der Waals surface area contributed by atoms with Gasteiger partial charge < -0.3 is 25.3 Å². The van der Waals surface area contributed by atoms with Crippen LogP contribution in [-0.2, 0) is 37.3 Å². The van der Waals surface area contributed by atoms with Crippen LogP contribution in [0.2, 0.25) is 0 Å². The van der Waals surface area contributed by atoms with Gasteiger partial charge in [-0.1, -0.05) is 36.4 Å². The molecule has 3 aliphatic rings. The van der Waals surface area contributed by atoms with Gasteiger partial charge in [-0.15, -0.1) is 0 Å². The summed E-state index contributed by atoms with van der Waals surface area (Å²) in [5.41, 5.74) is 4.74. The number of nitrogens with zero attached hydrogens (tertiary/aromatic N) is 1. The summed E-state index contributed by atoms with van der Waals surface area (Å²) >= 11 is 0. The summed E-state index contributed by atoms with van der Waals surface area (Å²) in [7, 11) is -7.04. The van der Waals surface area contributed by atoms with Crippen LogP contribution >= 0.6 is 0 Å². The number of hydrogen-bond acceptors (Lipinski definition) is 8. The molecule has 12 heteroatoms. The number of carbonyl (C=O) groups is 1. The minimum atomic E-state index is -3.59. The van der Waals surface area contributed by atoms with Gasteiger partial charge in [0.2, 0.25) is 19.7 Å². The molecule has 0 bridgehead atoms. The molecule has 0 aliphatic carbocycles. The third kappa shape index (κ3) is 7.71. The predicted octanol–water partition coefficient (Wildman–Crippen LogP) is 7.12. The number of aromatic amines is 1. The van der Waals surface area contributed by atoms with E-state index in [0.29, 0.717) is 47.7 Å². The molecule has 10 nitrogen and oxygen atoms in total. The van der Waals surface area contributed by atoms with E-state index in [9.17, 15) is 21.6 Å². The number of amides is 1. The number of hydrogen-bond donors (Lipinski definition) is 3. The first-order valence-electron chi connectivity index (χ1n) is 18.1. The highest BCUT2D eigenvalue weighted by atomic mass is 32.2. The van der Waals surface area contributed by atoms with Gasteiger partial charge in [-0.25, -0.2) is 21.6 Å². The second-order valence-electron chi connectivity index (χ2n) is 14.8. The second-order valence-corrected chi connectivity index (χ2v) is 18.7. The fraction of sp³-hybridized carbons (Fsp3) is 0.341. The minimum absolute atomic E-state index is 0.274. The zero-order valence-corrected chi connectivity index (χ0v) is 31.9. The third-order valence-corrected chi connectivity index (χ3v) is 13.7. The van der Waals surface area contributed by atoms with E-state index in [2.05, 4.69) is 15.6 Å². The first-order valence-corrected chi connectivity index (χ1v) is 21.1. The van der Waals surface area contributed by atoms with Crippen molar-refractivity contribution in [3.63, 3.8) is 0 Å². The molecule has 0 saturated carbocycles. The number of fused-ring (bicyclic) bond motifs is 6. The maximum absolute atomic E-state index is 13.0. The Morgan fingerprint density at radius 3 is 2.00 bits per heavy atom. The summed E-state index contributed by atoms with van der Waals surface area (Å²) < 4.78 is 57.2. The number of rotatable bonds is 4. The lowest BCUT2D eigenvalue weighted by Crippen LogP contribution is -2.38. The highest BCUT2D eigenvalue weighted by molar-refractivity contribution is 7.91. The summed E-state index contributed by atoms with van der Waals surface area (Å²) in [4.78, 5) is 18.9. The molecule has 0 radical (unpaired) electrons. The number of carbonyl (C=O) groups excluding carboxylic acids is 1. The molecule has 8 rings (SSSR count). The zero-order chi connectivity index (χ0) is 37.4. The maximum Gasteiger partial charge on any atom is 0.410 e. The van der Waals surface area contributed by atoms with Crippen LogP contribution in [0.25, 0.3) is 10.9 Å². The fourth-order valence-electron chi connectivity index (χ4n) is 7.47. The Hall–Kier alpha value is -4.65. The standard InChI is InChI=1S/C23H26N2O4S.C18H20N2O2S/c1-23(2,3)29-22(26)25-13-11-18-19-15-17(9-10-20(19)24-21(18)12-14-25)30(27,28)16-7-5-4-6-8-16;21-23(22,13-4-2-1-3-5-13)14-6-7-17-16(12-14)15-8-10-19-11-9-18(15)20-17/h4-10,15,24H,11-14H2,1-3H3;1-7,12,15,18-20H,8-11H2. The van der Waals surface area contributed by atoms with Gasteiger partial charge in [0.1, 0.15) is 5.60 Å². The number of aromatic nitrogens is 1. The van der Waals surface area contributed by atoms with Gasteiger partial charge in [-0.3, -0.25) is 0 Å². The summed E-state index contributed by atoms with van der Waals surface area (Å²) in [5.74, 6) is 0.394. The SMILES string of the molecule is CC(C)(C)OC(=O)N1CCc2[nH]c3ccc(S(=O)(=O)c4ccccc4)cc3c2CC1.O=S(=O)(c1ccccc1)c1ccc2c(c1)C1CCNCCC1N2. The number of ether oxygens (including phenoxy) is 1.